The number of pyridine rings is 1. The molecule has 2 aromatic rings. The van der Waals surface area contributed by atoms with Gasteiger partial charge in [0, 0.05) is 12.4 Å². The maximum atomic E-state index is 11.7. The van der Waals surface area contributed by atoms with Crippen LogP contribution in [0, 0.1) is 0 Å². The molecule has 1 aromatic heterocycles. The van der Waals surface area contributed by atoms with Crippen molar-refractivity contribution in [1.29, 1.82) is 0 Å². The Morgan fingerprint density at radius 3 is 2.59 bits per heavy atom. The number of aromatic hydroxyl groups is 1. The van der Waals surface area contributed by atoms with Crippen molar-refractivity contribution in [2.24, 2.45) is 0 Å². The van der Waals surface area contributed by atoms with Crippen LogP contribution in [0.25, 0.3) is 0 Å². The molecule has 1 heterocycles. The normalized spacial score (nSPS) is 12.1. The van der Waals surface area contributed by atoms with Gasteiger partial charge in [-0.15, -0.1) is 0 Å². The van der Waals surface area contributed by atoms with Crippen LogP contribution < -0.4 is 0 Å². The first-order valence-corrected chi connectivity index (χ1v) is 5.38. The quantitative estimate of drug-likeness (QED) is 0.876. The zero-order chi connectivity index (χ0) is 12.3. The van der Waals surface area contributed by atoms with E-state index >= 15 is 0 Å². The highest BCUT2D eigenvalue weighted by atomic mass is 16.3. The van der Waals surface area contributed by atoms with E-state index in [2.05, 4.69) is 4.98 Å². The highest BCUT2D eigenvalue weighted by Gasteiger charge is 2.19. The van der Waals surface area contributed by atoms with Crippen LogP contribution in [-0.4, -0.2) is 15.9 Å². The maximum Gasteiger partial charge on any atom is 0.141 e. The molecule has 1 N–H and O–H groups in total. The lowest BCUT2D eigenvalue weighted by molar-refractivity contribution is -0.117. The Balaban J connectivity index is 2.47. The summed E-state index contributed by atoms with van der Waals surface area (Å²) in [6.45, 7) is 1.54. The van der Waals surface area contributed by atoms with Crippen molar-refractivity contribution in [2.75, 3.05) is 0 Å². The van der Waals surface area contributed by atoms with Crippen LogP contribution in [-0.2, 0) is 4.79 Å². The zero-order valence-corrected chi connectivity index (χ0v) is 9.50. The van der Waals surface area contributed by atoms with Crippen molar-refractivity contribution in [3.8, 4) is 5.75 Å². The van der Waals surface area contributed by atoms with Gasteiger partial charge in [-0.3, -0.25) is 9.78 Å². The van der Waals surface area contributed by atoms with Crippen LogP contribution >= 0.6 is 0 Å². The summed E-state index contributed by atoms with van der Waals surface area (Å²) in [4.78, 5) is 15.8. The first kappa shape index (κ1) is 11.3. The third-order valence-electron chi connectivity index (χ3n) is 2.63. The lowest BCUT2D eigenvalue weighted by Gasteiger charge is -2.14. The third kappa shape index (κ3) is 2.50. The predicted molar refractivity (Wildman–Crippen MR) is 64.9 cm³/mol. The SMILES string of the molecule is CC(=O)C(c1cccnc1)c1cccc(O)c1. The van der Waals surface area contributed by atoms with E-state index < -0.39 is 0 Å². The molecule has 86 valence electrons. The van der Waals surface area contributed by atoms with Gasteiger partial charge in [0.05, 0.1) is 5.92 Å². The van der Waals surface area contributed by atoms with E-state index in [1.54, 1.807) is 43.6 Å². The maximum absolute atomic E-state index is 11.7. The van der Waals surface area contributed by atoms with Gasteiger partial charge in [0.25, 0.3) is 0 Å². The monoisotopic (exact) mass is 227 g/mol. The van der Waals surface area contributed by atoms with E-state index in [0.29, 0.717) is 0 Å². The lowest BCUT2D eigenvalue weighted by atomic mass is 9.89. The molecule has 0 saturated heterocycles. The van der Waals surface area contributed by atoms with Crippen molar-refractivity contribution in [1.82, 2.24) is 4.98 Å². The number of benzene rings is 1. The second-order valence-corrected chi connectivity index (χ2v) is 3.93. The number of nitrogens with zero attached hydrogens (tertiary/aromatic N) is 1. The molecule has 0 aliphatic rings. The highest BCUT2D eigenvalue weighted by molar-refractivity contribution is 5.86. The van der Waals surface area contributed by atoms with Gasteiger partial charge in [-0.05, 0) is 36.2 Å². The van der Waals surface area contributed by atoms with Crippen LogP contribution in [0.4, 0.5) is 0 Å². The summed E-state index contributed by atoms with van der Waals surface area (Å²) >= 11 is 0. The average Bonchev–Trinajstić information content (AvgIpc) is 2.30. The molecule has 1 aromatic carbocycles. The van der Waals surface area contributed by atoms with Gasteiger partial charge in [0.2, 0.25) is 0 Å². The lowest BCUT2D eigenvalue weighted by Crippen LogP contribution is -2.10. The number of ketones is 1. The fraction of sp³-hybridized carbons (Fsp3) is 0.143. The van der Waals surface area contributed by atoms with E-state index in [4.69, 9.17) is 0 Å². The summed E-state index contributed by atoms with van der Waals surface area (Å²) in [6.07, 6.45) is 3.35. The summed E-state index contributed by atoms with van der Waals surface area (Å²) in [5, 5.41) is 9.46. The molecular formula is C14H13NO2. The summed E-state index contributed by atoms with van der Waals surface area (Å²) in [7, 11) is 0. The number of Topliss-reactive ketones (excluding diaryl/α,β-unsaturated/α-hetero) is 1. The molecule has 0 aliphatic heterocycles. The molecule has 0 saturated carbocycles. The molecular weight excluding hydrogens is 214 g/mol. The molecule has 0 amide bonds. The minimum atomic E-state index is -0.365. The molecule has 0 bridgehead atoms. The van der Waals surface area contributed by atoms with Crippen molar-refractivity contribution < 1.29 is 9.90 Å². The van der Waals surface area contributed by atoms with Gasteiger partial charge in [-0.25, -0.2) is 0 Å². The number of rotatable bonds is 3. The average molecular weight is 227 g/mol. The standard InChI is InChI=1S/C14H13NO2/c1-10(16)14(12-5-3-7-15-9-12)11-4-2-6-13(17)8-11/h2-9,14,17H,1H3. The van der Waals surface area contributed by atoms with Gasteiger partial charge in [-0.1, -0.05) is 18.2 Å². The number of hydrogen-bond donors (Lipinski definition) is 1. The number of carbonyl (C=O) groups is 1. The Bertz CT molecular complexity index is 523. The molecule has 0 fully saturated rings. The number of phenols is 1. The molecule has 1 atom stereocenters. The molecule has 2 rings (SSSR count). The van der Waals surface area contributed by atoms with Crippen molar-refractivity contribution in [2.45, 2.75) is 12.8 Å². The molecule has 0 radical (unpaired) electrons. The zero-order valence-electron chi connectivity index (χ0n) is 9.50. The molecule has 3 heteroatoms. The van der Waals surface area contributed by atoms with E-state index in [9.17, 15) is 9.90 Å². The summed E-state index contributed by atoms with van der Waals surface area (Å²) in [5.41, 5.74) is 1.62. The molecule has 1 unspecified atom stereocenters. The van der Waals surface area contributed by atoms with Crippen LogP contribution in [0.5, 0.6) is 5.75 Å². The van der Waals surface area contributed by atoms with E-state index in [-0.39, 0.29) is 17.5 Å². The highest BCUT2D eigenvalue weighted by Crippen LogP contribution is 2.27. The minimum Gasteiger partial charge on any atom is -0.508 e. The Kier molecular flexibility index (Phi) is 3.19. The van der Waals surface area contributed by atoms with Gasteiger partial charge < -0.3 is 5.11 Å². The van der Waals surface area contributed by atoms with Crippen LogP contribution in [0.15, 0.2) is 48.8 Å². The molecule has 0 spiro atoms. The van der Waals surface area contributed by atoms with Crippen LogP contribution in [0.1, 0.15) is 24.0 Å². The first-order chi connectivity index (χ1) is 8.18. The smallest absolute Gasteiger partial charge is 0.141 e. The van der Waals surface area contributed by atoms with Crippen molar-refractivity contribution in [3.05, 3.63) is 59.9 Å². The van der Waals surface area contributed by atoms with Crippen LogP contribution in [0.2, 0.25) is 0 Å². The fourth-order valence-corrected chi connectivity index (χ4v) is 1.91. The topological polar surface area (TPSA) is 50.2 Å². The summed E-state index contributed by atoms with van der Waals surface area (Å²) < 4.78 is 0. The van der Waals surface area contributed by atoms with Crippen molar-refractivity contribution >= 4 is 5.78 Å². The van der Waals surface area contributed by atoms with Gasteiger partial charge in [-0.2, -0.15) is 0 Å². The van der Waals surface area contributed by atoms with Gasteiger partial charge >= 0.3 is 0 Å². The van der Waals surface area contributed by atoms with E-state index in [1.165, 1.54) is 0 Å². The first-order valence-electron chi connectivity index (χ1n) is 5.38. The number of hydrogen-bond acceptors (Lipinski definition) is 3. The Morgan fingerprint density at radius 2 is 2.00 bits per heavy atom. The Hall–Kier alpha value is -2.16. The summed E-state index contributed by atoms with van der Waals surface area (Å²) in [5.74, 6) is -0.169. The largest absolute Gasteiger partial charge is 0.508 e. The van der Waals surface area contributed by atoms with Crippen molar-refractivity contribution in [3.63, 3.8) is 0 Å². The van der Waals surface area contributed by atoms with E-state index in [1.807, 2.05) is 12.1 Å². The number of phenolic OH excluding ortho intramolecular Hbond substituents is 1. The second-order valence-electron chi connectivity index (χ2n) is 3.93. The Morgan fingerprint density at radius 1 is 1.24 bits per heavy atom. The Labute approximate surface area is 99.8 Å². The number of carbonyl (C=O) groups excluding carboxylic acids is 1. The van der Waals surface area contributed by atoms with Gasteiger partial charge in [0.15, 0.2) is 0 Å². The van der Waals surface area contributed by atoms with E-state index in [0.717, 1.165) is 11.1 Å². The van der Waals surface area contributed by atoms with Crippen LogP contribution in [0.3, 0.4) is 0 Å². The second kappa shape index (κ2) is 4.78. The van der Waals surface area contributed by atoms with Gasteiger partial charge in [0.1, 0.15) is 11.5 Å². The molecule has 0 aliphatic carbocycles. The minimum absolute atomic E-state index is 0.0311. The molecule has 3 nitrogen and oxygen atoms in total. The fourth-order valence-electron chi connectivity index (χ4n) is 1.91. The third-order valence-corrected chi connectivity index (χ3v) is 2.63. The summed E-state index contributed by atoms with van der Waals surface area (Å²) in [6, 6.07) is 10.4. The predicted octanol–water partition coefficient (Wildman–Crippen LogP) is 2.51. The number of aromatic nitrogens is 1. The molecule has 17 heavy (non-hydrogen) atoms.